The highest BCUT2D eigenvalue weighted by molar-refractivity contribution is 7.97. The second-order valence-corrected chi connectivity index (χ2v) is 5.36. The molecule has 0 bridgehead atoms. The number of carboxylic acids is 2. The summed E-state index contributed by atoms with van der Waals surface area (Å²) in [5.41, 5.74) is 3.20. The molecule has 0 unspecified atom stereocenters. The maximum atomic E-state index is 11.1. The van der Waals surface area contributed by atoms with Crippen LogP contribution >= 0.6 is 11.8 Å². The van der Waals surface area contributed by atoms with E-state index in [1.54, 1.807) is 54.2 Å². The highest BCUT2D eigenvalue weighted by atomic mass is 32.2. The Labute approximate surface area is 126 Å². The lowest BCUT2D eigenvalue weighted by molar-refractivity contribution is 0.0686. The first-order valence-electron chi connectivity index (χ1n) is 6.22. The Morgan fingerprint density at radius 2 is 1.52 bits per heavy atom. The summed E-state index contributed by atoms with van der Waals surface area (Å²) >= 11 is 1.60. The van der Waals surface area contributed by atoms with Gasteiger partial charge in [0.15, 0.2) is 0 Å². The summed E-state index contributed by atoms with van der Waals surface area (Å²) < 4.78 is 0. The van der Waals surface area contributed by atoms with Crippen molar-refractivity contribution in [3.63, 3.8) is 0 Å². The van der Waals surface area contributed by atoms with Crippen LogP contribution in [0.3, 0.4) is 0 Å². The fraction of sp³-hybridized carbons (Fsp3) is 0.125. The number of carboxylic acid groups (broad SMARTS) is 2. The van der Waals surface area contributed by atoms with Crippen LogP contribution in [0, 0.1) is 0 Å². The van der Waals surface area contributed by atoms with Gasteiger partial charge < -0.3 is 10.2 Å². The molecule has 0 atom stereocenters. The first-order chi connectivity index (χ1) is 10.0. The van der Waals surface area contributed by atoms with Gasteiger partial charge >= 0.3 is 11.9 Å². The molecule has 2 N–H and O–H groups in total. The average molecular weight is 302 g/mol. The monoisotopic (exact) mass is 302 g/mol. The quantitative estimate of drug-likeness (QED) is 0.882. The van der Waals surface area contributed by atoms with Crippen LogP contribution < -0.4 is 0 Å². The molecule has 0 spiro atoms. The van der Waals surface area contributed by atoms with Crippen LogP contribution in [-0.2, 0) is 5.75 Å². The molecule has 0 heterocycles. The Balaban J connectivity index is 2.46. The molecule has 21 heavy (non-hydrogen) atoms. The van der Waals surface area contributed by atoms with Crippen molar-refractivity contribution in [1.29, 1.82) is 0 Å². The maximum Gasteiger partial charge on any atom is 0.335 e. The van der Waals surface area contributed by atoms with Gasteiger partial charge in [-0.3, -0.25) is 0 Å². The molecule has 0 fully saturated rings. The van der Waals surface area contributed by atoms with Crippen LogP contribution in [-0.4, -0.2) is 28.4 Å². The number of rotatable bonds is 5. The molecular formula is C16H14O4S. The second-order valence-electron chi connectivity index (χ2n) is 4.49. The van der Waals surface area contributed by atoms with E-state index in [-0.39, 0.29) is 11.1 Å². The third-order valence-electron chi connectivity index (χ3n) is 3.09. The predicted molar refractivity (Wildman–Crippen MR) is 83.0 cm³/mol. The van der Waals surface area contributed by atoms with Gasteiger partial charge in [-0.1, -0.05) is 18.2 Å². The van der Waals surface area contributed by atoms with Crippen LogP contribution in [0.25, 0.3) is 11.1 Å². The zero-order valence-electron chi connectivity index (χ0n) is 11.4. The van der Waals surface area contributed by atoms with Crippen LogP contribution in [0.15, 0.2) is 42.5 Å². The SMILES string of the molecule is CSCc1cc(C(=O)O)ccc1-c1ccc(C(=O)O)cc1. The highest BCUT2D eigenvalue weighted by Gasteiger charge is 2.10. The number of carbonyl (C=O) groups is 2. The average Bonchev–Trinajstić information content (AvgIpc) is 2.47. The van der Waals surface area contributed by atoms with Gasteiger partial charge in [-0.05, 0) is 47.2 Å². The molecule has 0 aromatic heterocycles. The normalized spacial score (nSPS) is 10.3. The van der Waals surface area contributed by atoms with Gasteiger partial charge in [0.1, 0.15) is 0 Å². The van der Waals surface area contributed by atoms with E-state index in [4.69, 9.17) is 10.2 Å². The van der Waals surface area contributed by atoms with E-state index in [1.165, 1.54) is 0 Å². The Hall–Kier alpha value is -2.27. The Bertz CT molecular complexity index is 677. The minimum atomic E-state index is -0.966. The maximum absolute atomic E-state index is 11.1. The first-order valence-corrected chi connectivity index (χ1v) is 7.61. The number of aromatic carboxylic acids is 2. The van der Waals surface area contributed by atoms with Crippen molar-refractivity contribution in [2.45, 2.75) is 5.75 Å². The summed E-state index contributed by atoms with van der Waals surface area (Å²) in [7, 11) is 0. The van der Waals surface area contributed by atoms with Gasteiger partial charge in [-0.25, -0.2) is 9.59 Å². The third kappa shape index (κ3) is 3.44. The number of benzene rings is 2. The zero-order valence-corrected chi connectivity index (χ0v) is 12.2. The fourth-order valence-electron chi connectivity index (χ4n) is 2.08. The molecule has 0 aliphatic rings. The van der Waals surface area contributed by atoms with Crippen molar-refractivity contribution in [2.24, 2.45) is 0 Å². The van der Waals surface area contributed by atoms with E-state index in [0.717, 1.165) is 16.7 Å². The number of hydrogen-bond donors (Lipinski definition) is 2. The molecule has 0 amide bonds. The third-order valence-corrected chi connectivity index (χ3v) is 3.69. The zero-order chi connectivity index (χ0) is 15.4. The van der Waals surface area contributed by atoms with Crippen molar-refractivity contribution < 1.29 is 19.8 Å². The predicted octanol–water partition coefficient (Wildman–Crippen LogP) is 3.61. The van der Waals surface area contributed by atoms with Crippen molar-refractivity contribution in [2.75, 3.05) is 6.26 Å². The van der Waals surface area contributed by atoms with Gasteiger partial charge in [-0.15, -0.1) is 0 Å². The Morgan fingerprint density at radius 3 is 2.05 bits per heavy atom. The molecule has 0 radical (unpaired) electrons. The van der Waals surface area contributed by atoms with Crippen molar-refractivity contribution >= 4 is 23.7 Å². The summed E-state index contributed by atoms with van der Waals surface area (Å²) in [5.74, 6) is -1.23. The number of thioether (sulfide) groups is 1. The standard InChI is InChI=1S/C16H14O4S/c1-21-9-13-8-12(16(19)20)6-7-14(13)10-2-4-11(5-3-10)15(17)18/h2-8H,9H2,1H3,(H,17,18)(H,19,20). The van der Waals surface area contributed by atoms with Crippen molar-refractivity contribution in [1.82, 2.24) is 0 Å². The van der Waals surface area contributed by atoms with Gasteiger partial charge in [0.25, 0.3) is 0 Å². The van der Waals surface area contributed by atoms with E-state index in [9.17, 15) is 9.59 Å². The molecule has 108 valence electrons. The van der Waals surface area contributed by atoms with Crippen LogP contribution in [0.2, 0.25) is 0 Å². The largest absolute Gasteiger partial charge is 0.478 e. The minimum absolute atomic E-state index is 0.229. The number of hydrogen-bond acceptors (Lipinski definition) is 3. The molecule has 2 rings (SSSR count). The molecule has 0 aliphatic carbocycles. The van der Waals surface area contributed by atoms with Gasteiger partial charge in [0.2, 0.25) is 0 Å². The molecule has 0 saturated carbocycles. The van der Waals surface area contributed by atoms with Crippen LogP contribution in [0.5, 0.6) is 0 Å². The summed E-state index contributed by atoms with van der Waals surface area (Å²) in [6.07, 6.45) is 1.95. The van der Waals surface area contributed by atoms with Crippen LogP contribution in [0.4, 0.5) is 0 Å². The van der Waals surface area contributed by atoms with Gasteiger partial charge in [0.05, 0.1) is 11.1 Å². The summed E-state index contributed by atoms with van der Waals surface area (Å²) in [6, 6.07) is 11.6. The van der Waals surface area contributed by atoms with E-state index in [0.29, 0.717) is 5.75 Å². The molecule has 2 aromatic rings. The van der Waals surface area contributed by atoms with Crippen LogP contribution in [0.1, 0.15) is 26.3 Å². The molecule has 5 heteroatoms. The minimum Gasteiger partial charge on any atom is -0.478 e. The lowest BCUT2D eigenvalue weighted by Crippen LogP contribution is -1.99. The van der Waals surface area contributed by atoms with E-state index in [1.807, 2.05) is 6.26 Å². The van der Waals surface area contributed by atoms with Gasteiger partial charge in [-0.2, -0.15) is 11.8 Å². The summed E-state index contributed by atoms with van der Waals surface area (Å²) in [6.45, 7) is 0. The topological polar surface area (TPSA) is 74.6 Å². The molecule has 4 nitrogen and oxygen atoms in total. The Kier molecular flexibility index (Phi) is 4.65. The van der Waals surface area contributed by atoms with E-state index < -0.39 is 11.9 Å². The second kappa shape index (κ2) is 6.45. The van der Waals surface area contributed by atoms with Crippen molar-refractivity contribution in [3.05, 3.63) is 59.2 Å². The smallest absolute Gasteiger partial charge is 0.335 e. The van der Waals surface area contributed by atoms with E-state index in [2.05, 4.69) is 0 Å². The molecule has 0 aliphatic heterocycles. The van der Waals surface area contributed by atoms with E-state index >= 15 is 0 Å². The first kappa shape index (κ1) is 15.1. The lowest BCUT2D eigenvalue weighted by Gasteiger charge is -2.10. The van der Waals surface area contributed by atoms with Crippen molar-refractivity contribution in [3.8, 4) is 11.1 Å². The highest BCUT2D eigenvalue weighted by Crippen LogP contribution is 2.28. The summed E-state index contributed by atoms with van der Waals surface area (Å²) in [4.78, 5) is 21.9. The summed E-state index contributed by atoms with van der Waals surface area (Å²) in [5, 5.41) is 18.0. The lowest BCUT2D eigenvalue weighted by atomic mass is 9.97. The fourth-order valence-corrected chi connectivity index (χ4v) is 2.63. The van der Waals surface area contributed by atoms with Gasteiger partial charge in [0, 0.05) is 5.75 Å². The molecule has 0 saturated heterocycles. The Morgan fingerprint density at radius 1 is 0.952 bits per heavy atom. The molecular weight excluding hydrogens is 288 g/mol. The molecule has 2 aromatic carbocycles.